The number of nitrogens with one attached hydrogen (secondary N) is 1. The average molecular weight is 423 g/mol. The summed E-state index contributed by atoms with van der Waals surface area (Å²) >= 11 is 3.41. The number of nitro groups is 1. The fraction of sp³-hybridized carbons (Fsp3) is 0.600. The number of benzene rings is 1. The Balaban J connectivity index is 2.49. The van der Waals surface area contributed by atoms with Gasteiger partial charge in [0.25, 0.3) is 5.69 Å². The van der Waals surface area contributed by atoms with Crippen molar-refractivity contribution in [3.63, 3.8) is 0 Å². The molecule has 1 atom stereocenters. The number of hydrogen-bond donors (Lipinski definition) is 1. The lowest BCUT2D eigenvalue weighted by atomic mass is 10.1. The van der Waals surface area contributed by atoms with Crippen LogP contribution >= 0.6 is 15.9 Å². The third-order valence-electron chi connectivity index (χ3n) is 3.70. The standard InChI is InChI=1S/C15H23BrN2O5S/c1-3-15(2,12-16)23-11-7-6-10-17-24(21,22)14-9-5-4-8-13(14)18(19)20/h4-5,8-9,17H,3,6-7,10-12H2,1-2H3. The van der Waals surface area contributed by atoms with E-state index >= 15 is 0 Å². The maximum absolute atomic E-state index is 12.2. The molecule has 0 bridgehead atoms. The summed E-state index contributed by atoms with van der Waals surface area (Å²) < 4.78 is 32.6. The smallest absolute Gasteiger partial charge is 0.289 e. The highest BCUT2D eigenvalue weighted by Crippen LogP contribution is 2.22. The van der Waals surface area contributed by atoms with Crippen LogP contribution in [0.2, 0.25) is 0 Å². The van der Waals surface area contributed by atoms with Crippen molar-refractivity contribution < 1.29 is 18.1 Å². The van der Waals surface area contributed by atoms with Gasteiger partial charge in [0.2, 0.25) is 10.0 Å². The van der Waals surface area contributed by atoms with Crippen molar-refractivity contribution in [1.29, 1.82) is 0 Å². The van der Waals surface area contributed by atoms with Gasteiger partial charge in [0.15, 0.2) is 4.90 Å². The molecule has 0 amide bonds. The molecule has 0 heterocycles. The van der Waals surface area contributed by atoms with Gasteiger partial charge in [-0.15, -0.1) is 0 Å². The molecule has 0 spiro atoms. The SMILES string of the molecule is CCC(C)(CBr)OCCCCNS(=O)(=O)c1ccccc1[N+](=O)[O-]. The molecule has 7 nitrogen and oxygen atoms in total. The van der Waals surface area contributed by atoms with Crippen molar-refractivity contribution in [2.24, 2.45) is 0 Å². The van der Waals surface area contributed by atoms with Crippen LogP contribution in [0.5, 0.6) is 0 Å². The summed E-state index contributed by atoms with van der Waals surface area (Å²) in [6, 6.07) is 5.30. The van der Waals surface area contributed by atoms with Crippen LogP contribution < -0.4 is 4.72 Å². The zero-order valence-electron chi connectivity index (χ0n) is 13.8. The molecule has 1 N–H and O–H groups in total. The van der Waals surface area contributed by atoms with Gasteiger partial charge in [0.1, 0.15) is 0 Å². The lowest BCUT2D eigenvalue weighted by molar-refractivity contribution is -0.387. The van der Waals surface area contributed by atoms with Crippen LogP contribution in [0.3, 0.4) is 0 Å². The summed E-state index contributed by atoms with van der Waals surface area (Å²) in [4.78, 5) is 9.91. The second-order valence-corrected chi connectivity index (χ2v) is 7.91. The fourth-order valence-electron chi connectivity index (χ4n) is 1.90. The molecule has 0 saturated carbocycles. The van der Waals surface area contributed by atoms with Crippen molar-refractivity contribution in [2.75, 3.05) is 18.5 Å². The first kappa shape index (κ1) is 21.0. The molecular formula is C15H23BrN2O5S. The van der Waals surface area contributed by atoms with Gasteiger partial charge in [-0.1, -0.05) is 35.0 Å². The summed E-state index contributed by atoms with van der Waals surface area (Å²) in [5, 5.41) is 11.7. The van der Waals surface area contributed by atoms with E-state index in [2.05, 4.69) is 20.7 Å². The van der Waals surface area contributed by atoms with Gasteiger partial charge in [-0.05, 0) is 32.3 Å². The van der Waals surface area contributed by atoms with E-state index in [1.165, 1.54) is 24.3 Å². The van der Waals surface area contributed by atoms with Gasteiger partial charge >= 0.3 is 0 Å². The molecule has 0 aromatic heterocycles. The van der Waals surface area contributed by atoms with Gasteiger partial charge in [0, 0.05) is 24.5 Å². The Morgan fingerprint density at radius 3 is 2.58 bits per heavy atom. The Morgan fingerprint density at radius 1 is 1.33 bits per heavy atom. The largest absolute Gasteiger partial charge is 0.374 e. The van der Waals surface area contributed by atoms with Crippen LogP contribution in [0, 0.1) is 10.1 Å². The van der Waals surface area contributed by atoms with Crippen molar-refractivity contribution in [2.45, 2.75) is 43.6 Å². The number of halogens is 1. The number of unbranched alkanes of at least 4 members (excludes halogenated alkanes) is 1. The van der Waals surface area contributed by atoms with Crippen LogP contribution in [0.4, 0.5) is 5.69 Å². The van der Waals surface area contributed by atoms with Gasteiger partial charge in [0.05, 0.1) is 10.5 Å². The third kappa shape index (κ3) is 6.12. The summed E-state index contributed by atoms with van der Waals surface area (Å²) in [5.41, 5.74) is -0.645. The molecule has 0 aliphatic rings. The van der Waals surface area contributed by atoms with Crippen molar-refractivity contribution in [1.82, 2.24) is 4.72 Å². The summed E-state index contributed by atoms with van der Waals surface area (Å²) in [5.74, 6) is 0. The predicted molar refractivity (Wildman–Crippen MR) is 96.0 cm³/mol. The predicted octanol–water partition coefficient (Wildman–Crippen LogP) is 3.23. The molecule has 1 rings (SSSR count). The molecule has 0 aliphatic heterocycles. The lowest BCUT2D eigenvalue weighted by Crippen LogP contribution is -2.30. The van der Waals surface area contributed by atoms with E-state index in [1.807, 2.05) is 13.8 Å². The molecule has 9 heteroatoms. The van der Waals surface area contributed by atoms with Crippen LogP contribution in [-0.2, 0) is 14.8 Å². The first-order valence-corrected chi connectivity index (χ1v) is 10.3. The Labute approximate surface area is 151 Å². The highest BCUT2D eigenvalue weighted by atomic mass is 79.9. The minimum atomic E-state index is -3.90. The number of para-hydroxylation sites is 1. The molecule has 0 fully saturated rings. The van der Waals surface area contributed by atoms with Crippen molar-refractivity contribution in [3.8, 4) is 0 Å². The van der Waals surface area contributed by atoms with Crippen molar-refractivity contribution in [3.05, 3.63) is 34.4 Å². The van der Waals surface area contributed by atoms with Gasteiger partial charge in [-0.25, -0.2) is 13.1 Å². The average Bonchev–Trinajstić information content (AvgIpc) is 2.57. The molecule has 0 aliphatic carbocycles. The van der Waals surface area contributed by atoms with Gasteiger partial charge in [-0.3, -0.25) is 10.1 Å². The van der Waals surface area contributed by atoms with Crippen LogP contribution in [0.25, 0.3) is 0 Å². The second-order valence-electron chi connectivity index (χ2n) is 5.62. The topological polar surface area (TPSA) is 98.5 Å². The van der Waals surface area contributed by atoms with E-state index in [0.29, 0.717) is 19.4 Å². The summed E-state index contributed by atoms with van der Waals surface area (Å²) in [6.45, 7) is 4.79. The number of alkyl halides is 1. The van der Waals surface area contributed by atoms with Crippen LogP contribution in [0.15, 0.2) is 29.2 Å². The number of rotatable bonds is 11. The number of ether oxygens (including phenoxy) is 1. The Bertz CT molecular complexity index is 647. The molecule has 0 saturated heterocycles. The molecule has 24 heavy (non-hydrogen) atoms. The summed E-state index contributed by atoms with van der Waals surface area (Å²) in [7, 11) is -3.90. The first-order valence-electron chi connectivity index (χ1n) is 7.69. The van der Waals surface area contributed by atoms with E-state index < -0.39 is 20.6 Å². The zero-order valence-corrected chi connectivity index (χ0v) is 16.2. The Hall–Kier alpha value is -1.03. The minimum absolute atomic E-state index is 0.203. The highest BCUT2D eigenvalue weighted by Gasteiger charge is 2.24. The van der Waals surface area contributed by atoms with E-state index in [-0.39, 0.29) is 17.0 Å². The lowest BCUT2D eigenvalue weighted by Gasteiger charge is -2.26. The van der Waals surface area contributed by atoms with Crippen LogP contribution in [-0.4, -0.2) is 37.4 Å². The number of nitro benzene ring substituents is 1. The minimum Gasteiger partial charge on any atom is -0.374 e. The Kier molecular flexibility index (Phi) is 8.28. The Morgan fingerprint density at radius 2 is 2.00 bits per heavy atom. The molecular weight excluding hydrogens is 400 g/mol. The molecule has 136 valence electrons. The fourth-order valence-corrected chi connectivity index (χ4v) is 3.70. The number of hydrogen-bond acceptors (Lipinski definition) is 5. The van der Waals surface area contributed by atoms with E-state index in [4.69, 9.17) is 4.74 Å². The first-order chi connectivity index (χ1) is 11.3. The van der Waals surface area contributed by atoms with E-state index in [9.17, 15) is 18.5 Å². The van der Waals surface area contributed by atoms with Gasteiger partial charge in [-0.2, -0.15) is 0 Å². The monoisotopic (exact) mass is 422 g/mol. The van der Waals surface area contributed by atoms with Crippen molar-refractivity contribution >= 4 is 31.6 Å². The molecule has 1 aromatic carbocycles. The van der Waals surface area contributed by atoms with Crippen LogP contribution in [0.1, 0.15) is 33.1 Å². The maximum Gasteiger partial charge on any atom is 0.289 e. The molecule has 0 radical (unpaired) electrons. The second kappa shape index (κ2) is 9.45. The third-order valence-corrected chi connectivity index (χ3v) is 6.39. The summed E-state index contributed by atoms with van der Waals surface area (Å²) in [6.07, 6.45) is 2.16. The van der Waals surface area contributed by atoms with E-state index in [1.54, 1.807) is 0 Å². The number of sulfonamides is 1. The highest BCUT2D eigenvalue weighted by molar-refractivity contribution is 9.09. The molecule has 1 unspecified atom stereocenters. The zero-order chi connectivity index (χ0) is 18.2. The van der Waals surface area contributed by atoms with Gasteiger partial charge < -0.3 is 4.74 Å². The number of nitrogens with zero attached hydrogens (tertiary/aromatic N) is 1. The maximum atomic E-state index is 12.2. The molecule has 1 aromatic rings. The van der Waals surface area contributed by atoms with E-state index in [0.717, 1.165) is 11.8 Å². The normalized spacial score (nSPS) is 14.3. The quantitative estimate of drug-likeness (QED) is 0.255.